The number of hydrogen-bond acceptors (Lipinski definition) is 4. The molecule has 0 amide bonds. The van der Waals surface area contributed by atoms with Gasteiger partial charge in [0.15, 0.2) is 0 Å². The molecule has 4 nitrogen and oxygen atoms in total. The molecule has 1 aromatic carbocycles. The number of rotatable bonds is 5. The molecule has 0 atom stereocenters. The number of nitrogens with zero attached hydrogens (tertiary/aromatic N) is 2. The van der Waals surface area contributed by atoms with E-state index in [0.29, 0.717) is 11.6 Å². The molecular formula is C18H23N3O. The van der Waals surface area contributed by atoms with Gasteiger partial charge >= 0.3 is 0 Å². The Morgan fingerprint density at radius 2 is 1.91 bits per heavy atom. The molecule has 116 valence electrons. The number of ether oxygens (including phenoxy) is 1. The number of benzene rings is 1. The lowest BCUT2D eigenvalue weighted by Gasteiger charge is -2.31. The van der Waals surface area contributed by atoms with Crippen molar-refractivity contribution < 1.29 is 4.74 Å². The van der Waals surface area contributed by atoms with Crippen LogP contribution in [0.5, 0.6) is 5.75 Å². The Kier molecular flexibility index (Phi) is 4.91. The molecule has 4 heteroatoms. The van der Waals surface area contributed by atoms with Gasteiger partial charge in [0.05, 0.1) is 24.7 Å². The minimum atomic E-state index is 0.619. The van der Waals surface area contributed by atoms with E-state index in [1.807, 2.05) is 6.07 Å². The predicted octanol–water partition coefficient (Wildman–Crippen LogP) is 2.95. The molecule has 1 fully saturated rings. The van der Waals surface area contributed by atoms with Crippen molar-refractivity contribution in [2.75, 3.05) is 25.4 Å². The van der Waals surface area contributed by atoms with Gasteiger partial charge in [0.1, 0.15) is 5.75 Å². The fourth-order valence-corrected chi connectivity index (χ4v) is 2.88. The average molecular weight is 297 g/mol. The topological polar surface area (TPSA) is 51.4 Å². The highest BCUT2D eigenvalue weighted by atomic mass is 16.5. The molecule has 2 N–H and O–H groups in total. The highest BCUT2D eigenvalue weighted by molar-refractivity contribution is 5.39. The summed E-state index contributed by atoms with van der Waals surface area (Å²) in [6, 6.07) is 12.5. The monoisotopic (exact) mass is 297 g/mol. The van der Waals surface area contributed by atoms with Gasteiger partial charge in [-0.1, -0.05) is 30.3 Å². The Balaban J connectivity index is 1.42. The van der Waals surface area contributed by atoms with Crippen molar-refractivity contribution >= 4 is 5.69 Å². The van der Waals surface area contributed by atoms with Crippen LogP contribution < -0.4 is 10.5 Å². The van der Waals surface area contributed by atoms with Gasteiger partial charge in [0, 0.05) is 12.6 Å². The molecule has 1 aliphatic heterocycles. The van der Waals surface area contributed by atoms with Crippen molar-refractivity contribution in [3.8, 4) is 5.75 Å². The molecule has 3 rings (SSSR count). The number of nitrogens with two attached hydrogens (primary N) is 1. The highest BCUT2D eigenvalue weighted by Crippen LogP contribution is 2.21. The van der Waals surface area contributed by atoms with Crippen molar-refractivity contribution in [2.45, 2.75) is 19.4 Å². The van der Waals surface area contributed by atoms with Crippen LogP contribution in [0.25, 0.3) is 0 Å². The maximum absolute atomic E-state index is 5.82. The third-order valence-corrected chi connectivity index (χ3v) is 4.18. The van der Waals surface area contributed by atoms with E-state index < -0.39 is 0 Å². The summed E-state index contributed by atoms with van der Waals surface area (Å²) in [5.74, 6) is 1.39. The Morgan fingerprint density at radius 1 is 1.14 bits per heavy atom. The lowest BCUT2D eigenvalue weighted by molar-refractivity contribution is 0.136. The Labute approximate surface area is 131 Å². The molecule has 0 spiro atoms. The van der Waals surface area contributed by atoms with E-state index >= 15 is 0 Å². The number of pyridine rings is 1. The number of aromatic nitrogens is 1. The van der Waals surface area contributed by atoms with Crippen LogP contribution in [0.15, 0.2) is 48.8 Å². The van der Waals surface area contributed by atoms with Gasteiger partial charge < -0.3 is 10.5 Å². The number of hydrogen-bond donors (Lipinski definition) is 1. The van der Waals surface area contributed by atoms with E-state index in [1.54, 1.807) is 12.4 Å². The average Bonchev–Trinajstić information content (AvgIpc) is 2.55. The Hall–Kier alpha value is -2.07. The molecule has 22 heavy (non-hydrogen) atoms. The summed E-state index contributed by atoms with van der Waals surface area (Å²) in [4.78, 5) is 6.57. The summed E-state index contributed by atoms with van der Waals surface area (Å²) < 4.78 is 5.82. The largest absolute Gasteiger partial charge is 0.492 e. The van der Waals surface area contributed by atoms with Gasteiger partial charge in [0.2, 0.25) is 0 Å². The first-order valence-electron chi connectivity index (χ1n) is 7.89. The van der Waals surface area contributed by atoms with Crippen molar-refractivity contribution in [2.24, 2.45) is 5.92 Å². The smallest absolute Gasteiger partial charge is 0.139 e. The summed E-state index contributed by atoms with van der Waals surface area (Å²) in [5.41, 5.74) is 7.75. The lowest BCUT2D eigenvalue weighted by atomic mass is 9.97. The van der Waals surface area contributed by atoms with Crippen LogP contribution in [-0.2, 0) is 6.54 Å². The number of nitrogen functional groups attached to an aromatic ring is 1. The fraction of sp³-hybridized carbons (Fsp3) is 0.389. The van der Waals surface area contributed by atoms with Crippen molar-refractivity contribution in [1.29, 1.82) is 0 Å². The fourth-order valence-electron chi connectivity index (χ4n) is 2.88. The third kappa shape index (κ3) is 4.21. The minimum absolute atomic E-state index is 0.619. The zero-order chi connectivity index (χ0) is 15.2. The van der Waals surface area contributed by atoms with Gasteiger partial charge in [0.25, 0.3) is 0 Å². The zero-order valence-electron chi connectivity index (χ0n) is 12.8. The zero-order valence-corrected chi connectivity index (χ0v) is 12.8. The van der Waals surface area contributed by atoms with E-state index in [0.717, 1.165) is 32.0 Å². The molecular weight excluding hydrogens is 274 g/mol. The molecule has 1 saturated heterocycles. The molecule has 0 aliphatic carbocycles. The van der Waals surface area contributed by atoms with Gasteiger partial charge in [-0.15, -0.1) is 0 Å². The number of likely N-dealkylation sites (tertiary alicyclic amines) is 1. The summed E-state index contributed by atoms with van der Waals surface area (Å²) in [6.45, 7) is 4.08. The molecule has 0 unspecified atom stereocenters. The summed E-state index contributed by atoms with van der Waals surface area (Å²) >= 11 is 0. The molecule has 1 aliphatic rings. The lowest BCUT2D eigenvalue weighted by Crippen LogP contribution is -2.35. The first-order valence-corrected chi connectivity index (χ1v) is 7.89. The summed E-state index contributed by atoms with van der Waals surface area (Å²) in [5, 5.41) is 0. The SMILES string of the molecule is Nc1cncc(OCC2CCN(Cc3ccccc3)CC2)c1. The van der Waals surface area contributed by atoms with Crippen molar-refractivity contribution in [3.05, 3.63) is 54.4 Å². The van der Waals surface area contributed by atoms with Crippen LogP contribution in [0.3, 0.4) is 0 Å². The quantitative estimate of drug-likeness (QED) is 0.922. The van der Waals surface area contributed by atoms with E-state index in [-0.39, 0.29) is 0 Å². The predicted molar refractivity (Wildman–Crippen MR) is 88.6 cm³/mol. The second-order valence-corrected chi connectivity index (χ2v) is 5.97. The first-order chi connectivity index (χ1) is 10.8. The standard InChI is InChI=1S/C18H23N3O/c19-17-10-18(12-20-11-17)22-14-16-6-8-21(9-7-16)13-15-4-2-1-3-5-15/h1-5,10-12,16H,6-9,13-14,19H2. The maximum Gasteiger partial charge on any atom is 0.139 e. The molecule has 0 bridgehead atoms. The van der Waals surface area contributed by atoms with Crippen molar-refractivity contribution in [1.82, 2.24) is 9.88 Å². The van der Waals surface area contributed by atoms with Crippen LogP contribution in [0.2, 0.25) is 0 Å². The number of piperidine rings is 1. The Morgan fingerprint density at radius 3 is 2.64 bits per heavy atom. The molecule has 1 aromatic heterocycles. The van der Waals surface area contributed by atoms with Crippen LogP contribution >= 0.6 is 0 Å². The third-order valence-electron chi connectivity index (χ3n) is 4.18. The van der Waals surface area contributed by atoms with E-state index in [2.05, 4.69) is 40.2 Å². The van der Waals surface area contributed by atoms with E-state index in [9.17, 15) is 0 Å². The van der Waals surface area contributed by atoms with Crippen LogP contribution in [0, 0.1) is 5.92 Å². The summed E-state index contributed by atoms with van der Waals surface area (Å²) in [7, 11) is 0. The van der Waals surface area contributed by atoms with Gasteiger partial charge in [-0.2, -0.15) is 0 Å². The normalized spacial score (nSPS) is 16.5. The second kappa shape index (κ2) is 7.27. The number of anilines is 1. The summed E-state index contributed by atoms with van der Waals surface area (Å²) in [6.07, 6.45) is 5.72. The van der Waals surface area contributed by atoms with Crippen molar-refractivity contribution in [3.63, 3.8) is 0 Å². The van der Waals surface area contributed by atoms with Crippen LogP contribution in [0.4, 0.5) is 5.69 Å². The maximum atomic E-state index is 5.82. The van der Waals surface area contributed by atoms with E-state index in [4.69, 9.17) is 10.5 Å². The van der Waals surface area contributed by atoms with Gasteiger partial charge in [-0.25, -0.2) is 0 Å². The molecule has 0 saturated carbocycles. The van der Waals surface area contributed by atoms with Crippen LogP contribution in [0.1, 0.15) is 18.4 Å². The molecule has 2 heterocycles. The first kappa shape index (κ1) is 14.9. The molecule has 2 aromatic rings. The van der Waals surface area contributed by atoms with E-state index in [1.165, 1.54) is 18.4 Å². The van der Waals surface area contributed by atoms with Gasteiger partial charge in [-0.05, 0) is 37.4 Å². The van der Waals surface area contributed by atoms with Crippen LogP contribution in [-0.4, -0.2) is 29.6 Å². The molecule has 0 radical (unpaired) electrons. The minimum Gasteiger partial charge on any atom is -0.492 e. The van der Waals surface area contributed by atoms with Gasteiger partial charge in [-0.3, -0.25) is 9.88 Å². The highest BCUT2D eigenvalue weighted by Gasteiger charge is 2.19. The second-order valence-electron chi connectivity index (χ2n) is 5.97. The Bertz CT molecular complexity index is 580.